The quantitative estimate of drug-likeness (QED) is 0.814. The highest BCUT2D eigenvalue weighted by atomic mass is 32.1. The monoisotopic (exact) mass is 264 g/mol. The number of H-pyrrole nitrogens is 1. The minimum atomic E-state index is -0.119. The van der Waals surface area contributed by atoms with Crippen molar-refractivity contribution in [2.45, 2.75) is 26.7 Å². The van der Waals surface area contributed by atoms with Gasteiger partial charge in [0.15, 0.2) is 5.01 Å². The largest absolute Gasteiger partial charge is 0.360 e. The van der Waals surface area contributed by atoms with E-state index in [4.69, 9.17) is 0 Å². The maximum Gasteiger partial charge on any atom is 0.258 e. The van der Waals surface area contributed by atoms with Crippen molar-refractivity contribution in [3.8, 4) is 10.6 Å². The van der Waals surface area contributed by atoms with E-state index in [0.29, 0.717) is 10.6 Å². The molecule has 2 aromatic heterocycles. The molecule has 0 fully saturated rings. The minimum absolute atomic E-state index is 0.119. The van der Waals surface area contributed by atoms with Crippen LogP contribution in [0.5, 0.6) is 0 Å². The summed E-state index contributed by atoms with van der Waals surface area (Å²) >= 11 is 1.40. The molecule has 5 nitrogen and oxygen atoms in total. The number of nitrogens with zero attached hydrogens (tertiary/aromatic N) is 2. The third-order valence-electron chi connectivity index (χ3n) is 2.52. The molecule has 0 saturated carbocycles. The zero-order chi connectivity index (χ0) is 13.0. The van der Waals surface area contributed by atoms with Crippen molar-refractivity contribution in [1.29, 1.82) is 0 Å². The van der Waals surface area contributed by atoms with Crippen LogP contribution in [0.4, 0.5) is 5.13 Å². The van der Waals surface area contributed by atoms with Gasteiger partial charge in [0.05, 0.1) is 5.56 Å². The first kappa shape index (κ1) is 12.8. The Morgan fingerprint density at radius 1 is 1.39 bits per heavy atom. The molecule has 2 heterocycles. The smallest absolute Gasteiger partial charge is 0.258 e. The van der Waals surface area contributed by atoms with E-state index in [1.165, 1.54) is 11.3 Å². The summed E-state index contributed by atoms with van der Waals surface area (Å²) in [5.41, 5.74) is 1.29. The summed E-state index contributed by atoms with van der Waals surface area (Å²) in [6.07, 6.45) is 2.23. The maximum atomic E-state index is 11.8. The van der Waals surface area contributed by atoms with E-state index in [-0.39, 0.29) is 5.56 Å². The van der Waals surface area contributed by atoms with Gasteiger partial charge in [-0.15, -0.1) is 10.2 Å². The fraction of sp³-hybridized carbons (Fsp3) is 0.417. The van der Waals surface area contributed by atoms with E-state index >= 15 is 0 Å². The molecule has 0 aliphatic carbocycles. The van der Waals surface area contributed by atoms with Gasteiger partial charge in [0.2, 0.25) is 5.13 Å². The van der Waals surface area contributed by atoms with Crippen LogP contribution >= 0.6 is 11.3 Å². The van der Waals surface area contributed by atoms with Crippen LogP contribution < -0.4 is 10.9 Å². The van der Waals surface area contributed by atoms with Gasteiger partial charge in [0.1, 0.15) is 0 Å². The van der Waals surface area contributed by atoms with Gasteiger partial charge < -0.3 is 10.3 Å². The Balaban J connectivity index is 2.16. The lowest BCUT2D eigenvalue weighted by molar-refractivity contribution is 0.831. The molecule has 0 aromatic carbocycles. The molecule has 2 rings (SSSR count). The number of rotatable bonds is 5. The molecule has 0 saturated heterocycles. The van der Waals surface area contributed by atoms with Gasteiger partial charge in [0, 0.05) is 12.2 Å². The molecule has 0 bridgehead atoms. The SMILES string of the molecule is CCCCNc1nnc(-c2ccc(C)[nH]c2=O)s1. The van der Waals surface area contributed by atoms with Gasteiger partial charge in [-0.1, -0.05) is 24.7 Å². The molecule has 96 valence electrons. The second kappa shape index (κ2) is 5.77. The highest BCUT2D eigenvalue weighted by Gasteiger charge is 2.09. The molecule has 0 amide bonds. The lowest BCUT2D eigenvalue weighted by Gasteiger charge is -1.98. The third kappa shape index (κ3) is 2.95. The van der Waals surface area contributed by atoms with Crippen LogP contribution in [0.3, 0.4) is 0 Å². The van der Waals surface area contributed by atoms with Gasteiger partial charge in [-0.2, -0.15) is 0 Å². The van der Waals surface area contributed by atoms with Crippen molar-refractivity contribution < 1.29 is 0 Å². The highest BCUT2D eigenvalue weighted by molar-refractivity contribution is 7.18. The Bertz CT molecular complexity index is 575. The Morgan fingerprint density at radius 3 is 2.94 bits per heavy atom. The molecule has 6 heteroatoms. The summed E-state index contributed by atoms with van der Waals surface area (Å²) in [5, 5.41) is 12.7. The van der Waals surface area contributed by atoms with Crippen LogP contribution in [-0.2, 0) is 0 Å². The van der Waals surface area contributed by atoms with Crippen molar-refractivity contribution in [3.63, 3.8) is 0 Å². The molecule has 2 N–H and O–H groups in total. The van der Waals surface area contributed by atoms with E-state index in [0.717, 1.165) is 30.2 Å². The maximum absolute atomic E-state index is 11.8. The summed E-state index contributed by atoms with van der Waals surface area (Å²) in [6, 6.07) is 3.65. The molecule has 0 atom stereocenters. The zero-order valence-corrected chi connectivity index (χ0v) is 11.3. The summed E-state index contributed by atoms with van der Waals surface area (Å²) in [4.78, 5) is 14.5. The van der Waals surface area contributed by atoms with E-state index < -0.39 is 0 Å². The molecule has 0 spiro atoms. The second-order valence-corrected chi connectivity index (χ2v) is 5.05. The molecular formula is C12H16N4OS. The number of hydrogen-bond donors (Lipinski definition) is 2. The number of nitrogens with one attached hydrogen (secondary N) is 2. The molecule has 18 heavy (non-hydrogen) atoms. The summed E-state index contributed by atoms with van der Waals surface area (Å²) < 4.78 is 0. The number of anilines is 1. The summed E-state index contributed by atoms with van der Waals surface area (Å²) in [7, 11) is 0. The third-order valence-corrected chi connectivity index (χ3v) is 3.43. The van der Waals surface area contributed by atoms with Crippen molar-refractivity contribution >= 4 is 16.5 Å². The van der Waals surface area contributed by atoms with Crippen LogP contribution in [-0.4, -0.2) is 21.7 Å². The van der Waals surface area contributed by atoms with Crippen LogP contribution in [0.25, 0.3) is 10.6 Å². The Labute approximate surface area is 109 Å². The molecular weight excluding hydrogens is 248 g/mol. The number of hydrogen-bond acceptors (Lipinski definition) is 5. The zero-order valence-electron chi connectivity index (χ0n) is 10.5. The Morgan fingerprint density at radius 2 is 2.22 bits per heavy atom. The van der Waals surface area contributed by atoms with Gasteiger partial charge in [-0.05, 0) is 25.5 Å². The Hall–Kier alpha value is -1.69. The normalized spacial score (nSPS) is 10.6. The minimum Gasteiger partial charge on any atom is -0.360 e. The topological polar surface area (TPSA) is 70.7 Å². The first-order valence-electron chi connectivity index (χ1n) is 5.98. The second-order valence-electron chi connectivity index (χ2n) is 4.08. The van der Waals surface area contributed by atoms with Crippen molar-refractivity contribution in [1.82, 2.24) is 15.2 Å². The molecule has 2 aromatic rings. The number of aromatic nitrogens is 3. The fourth-order valence-corrected chi connectivity index (χ4v) is 2.31. The molecule has 0 unspecified atom stereocenters. The van der Waals surface area contributed by atoms with Gasteiger partial charge in [-0.25, -0.2) is 0 Å². The lowest BCUT2D eigenvalue weighted by atomic mass is 10.2. The predicted molar refractivity (Wildman–Crippen MR) is 74.1 cm³/mol. The first-order chi connectivity index (χ1) is 8.70. The average Bonchev–Trinajstić information content (AvgIpc) is 2.78. The highest BCUT2D eigenvalue weighted by Crippen LogP contribution is 2.23. The van der Waals surface area contributed by atoms with Crippen LogP contribution in [0.1, 0.15) is 25.5 Å². The van der Waals surface area contributed by atoms with E-state index in [2.05, 4.69) is 27.4 Å². The predicted octanol–water partition coefficient (Wildman–Crippen LogP) is 2.41. The van der Waals surface area contributed by atoms with Crippen LogP contribution in [0.15, 0.2) is 16.9 Å². The van der Waals surface area contributed by atoms with Crippen LogP contribution in [0, 0.1) is 6.92 Å². The van der Waals surface area contributed by atoms with E-state index in [9.17, 15) is 4.79 Å². The Kier molecular flexibility index (Phi) is 4.09. The van der Waals surface area contributed by atoms with Gasteiger partial charge >= 0.3 is 0 Å². The van der Waals surface area contributed by atoms with Gasteiger partial charge in [0.25, 0.3) is 5.56 Å². The summed E-state index contributed by atoms with van der Waals surface area (Å²) in [6.45, 7) is 4.87. The number of unbranched alkanes of at least 4 members (excludes halogenated alkanes) is 1. The van der Waals surface area contributed by atoms with Crippen molar-refractivity contribution in [2.24, 2.45) is 0 Å². The first-order valence-corrected chi connectivity index (χ1v) is 6.80. The van der Waals surface area contributed by atoms with Crippen molar-refractivity contribution in [2.75, 3.05) is 11.9 Å². The van der Waals surface area contributed by atoms with Crippen molar-refractivity contribution in [3.05, 3.63) is 28.2 Å². The lowest BCUT2D eigenvalue weighted by Crippen LogP contribution is -2.09. The number of aromatic amines is 1. The van der Waals surface area contributed by atoms with E-state index in [1.54, 1.807) is 6.07 Å². The van der Waals surface area contributed by atoms with E-state index in [1.807, 2.05) is 13.0 Å². The molecule has 0 aliphatic rings. The molecule has 0 aliphatic heterocycles. The summed E-state index contributed by atoms with van der Waals surface area (Å²) in [5.74, 6) is 0. The standard InChI is InChI=1S/C12H16N4OS/c1-3-4-7-13-12-16-15-11(18-12)9-6-5-8(2)14-10(9)17/h5-6H,3-4,7H2,1-2H3,(H,13,16)(H,14,17). The fourth-order valence-electron chi connectivity index (χ4n) is 1.52. The number of pyridine rings is 1. The van der Waals surface area contributed by atoms with Crippen LogP contribution in [0.2, 0.25) is 0 Å². The van der Waals surface area contributed by atoms with Gasteiger partial charge in [-0.3, -0.25) is 4.79 Å². The number of aryl methyl sites for hydroxylation is 1. The molecule has 0 radical (unpaired) electrons. The average molecular weight is 264 g/mol.